The summed E-state index contributed by atoms with van der Waals surface area (Å²) in [5.74, 6) is 0.215. The molecule has 0 unspecified atom stereocenters. The van der Waals surface area contributed by atoms with Crippen LogP contribution in [0.3, 0.4) is 0 Å². The van der Waals surface area contributed by atoms with Crippen molar-refractivity contribution in [1.82, 2.24) is 10.2 Å². The second-order valence-corrected chi connectivity index (χ2v) is 19.7. The van der Waals surface area contributed by atoms with Crippen LogP contribution in [-0.4, -0.2) is 58.5 Å². The molecule has 2 amide bonds. The number of carboxylic acids is 2. The summed E-state index contributed by atoms with van der Waals surface area (Å²) in [5, 5.41) is 22.1. The van der Waals surface area contributed by atoms with Crippen molar-refractivity contribution in [2.45, 2.75) is 119 Å². The summed E-state index contributed by atoms with van der Waals surface area (Å²) < 4.78 is 0. The number of hydrogen-bond acceptors (Lipinski definition) is 4. The van der Waals surface area contributed by atoms with Crippen LogP contribution in [0.4, 0.5) is 0 Å². The van der Waals surface area contributed by atoms with E-state index < -0.39 is 17.4 Å². The number of amides is 2. The fraction of sp³-hybridized carbons (Fsp3) is 0.696. The Kier molecular flexibility index (Phi) is 9.82. The van der Waals surface area contributed by atoms with E-state index in [1.807, 2.05) is 12.1 Å². The zero-order valence-electron chi connectivity index (χ0n) is 33.6. The van der Waals surface area contributed by atoms with Crippen molar-refractivity contribution in [2.24, 2.45) is 62.6 Å². The zero-order valence-corrected chi connectivity index (χ0v) is 33.6. The van der Waals surface area contributed by atoms with Crippen LogP contribution in [-0.2, 0) is 14.4 Å². The number of nitrogens with one attached hydrogen (secondary N) is 1. The molecule has 0 aromatic heterocycles. The monoisotopic (exact) mass is 740 g/mol. The third kappa shape index (κ3) is 5.73. The first-order chi connectivity index (χ1) is 25.4. The molecule has 5 fully saturated rings. The van der Waals surface area contributed by atoms with Crippen molar-refractivity contribution in [1.29, 1.82) is 0 Å². The van der Waals surface area contributed by atoms with Gasteiger partial charge in [-0.25, -0.2) is 4.79 Å². The predicted molar refractivity (Wildman–Crippen MR) is 210 cm³/mol. The van der Waals surface area contributed by atoms with Gasteiger partial charge in [0.1, 0.15) is 0 Å². The summed E-state index contributed by atoms with van der Waals surface area (Å²) >= 11 is 0. The highest BCUT2D eigenvalue weighted by Crippen LogP contribution is 2.77. The number of rotatable bonds is 8. The smallest absolute Gasteiger partial charge is 0.335 e. The third-order valence-corrected chi connectivity index (χ3v) is 17.4. The van der Waals surface area contributed by atoms with Gasteiger partial charge < -0.3 is 20.4 Å². The summed E-state index contributed by atoms with van der Waals surface area (Å²) in [5.41, 5.74) is 3.45. The highest BCUT2D eigenvalue weighted by molar-refractivity contribution is 5.88. The molecule has 0 bridgehead atoms. The molecule has 4 saturated carbocycles. The molecule has 1 heterocycles. The Morgan fingerprint density at radius 1 is 0.833 bits per heavy atom. The lowest BCUT2D eigenvalue weighted by Gasteiger charge is -2.72. The van der Waals surface area contributed by atoms with Gasteiger partial charge in [0.15, 0.2) is 0 Å². The van der Waals surface area contributed by atoms with E-state index in [9.17, 15) is 29.4 Å². The molecule has 294 valence electrons. The topological polar surface area (TPSA) is 124 Å². The first-order valence-corrected chi connectivity index (χ1v) is 20.9. The molecule has 8 nitrogen and oxygen atoms in total. The average molecular weight is 741 g/mol. The Bertz CT molecular complexity index is 1740. The molecule has 6 aliphatic rings. The standard InChI is InChI=1S/C46H64N2O6/c1-28(2)46(41(54)47-25-18-37(49)48-26-19-32(20-27-48)40(52)53)24-15-30-14-22-44(6)34(38(30)46)12-13-36-43(5)21-16-33(29-8-10-31(11-9-29)39(50)51)42(3,4)35(43)17-23-45(36,44)7/h8-11,16,30,32,34-36,38H,1,12-15,17-27H2,2-7H3,(H,47,54)(H,50,51)(H,52,53)/t30-,34+,35-,36+,38+,43-,44+,45+,46-/m0/s1. The fourth-order valence-corrected chi connectivity index (χ4v) is 14.5. The summed E-state index contributed by atoms with van der Waals surface area (Å²) in [6.07, 6.45) is 13.5. The van der Waals surface area contributed by atoms with E-state index in [-0.39, 0.29) is 51.7 Å². The van der Waals surface area contributed by atoms with Crippen LogP contribution in [0.1, 0.15) is 135 Å². The Morgan fingerprint density at radius 2 is 1.48 bits per heavy atom. The number of allylic oxidation sites excluding steroid dienone is 2. The van der Waals surface area contributed by atoms with Crippen LogP contribution >= 0.6 is 0 Å². The van der Waals surface area contributed by atoms with E-state index in [0.717, 1.165) is 49.7 Å². The van der Waals surface area contributed by atoms with E-state index in [4.69, 9.17) is 0 Å². The van der Waals surface area contributed by atoms with Crippen molar-refractivity contribution < 1.29 is 29.4 Å². The molecule has 0 spiro atoms. The third-order valence-electron chi connectivity index (χ3n) is 17.4. The Labute approximate surface area is 322 Å². The maximum atomic E-state index is 14.6. The van der Waals surface area contributed by atoms with Gasteiger partial charge in [-0.05, 0) is 152 Å². The number of piperidine rings is 1. The van der Waals surface area contributed by atoms with Crippen LogP contribution < -0.4 is 5.32 Å². The zero-order chi connectivity index (χ0) is 39.0. The van der Waals surface area contributed by atoms with Gasteiger partial charge >= 0.3 is 11.9 Å². The quantitative estimate of drug-likeness (QED) is 0.229. The second kappa shape index (κ2) is 13.7. The van der Waals surface area contributed by atoms with Crippen LogP contribution in [0.5, 0.6) is 0 Å². The van der Waals surface area contributed by atoms with Crippen molar-refractivity contribution in [3.05, 3.63) is 53.6 Å². The Balaban J connectivity index is 1.10. The molecular weight excluding hydrogens is 677 g/mol. The molecule has 1 aliphatic heterocycles. The van der Waals surface area contributed by atoms with Gasteiger partial charge in [-0.2, -0.15) is 0 Å². The highest BCUT2D eigenvalue weighted by Gasteiger charge is 2.70. The number of carboxylic acid groups (broad SMARTS) is 2. The lowest BCUT2D eigenvalue weighted by Crippen LogP contribution is -2.65. The van der Waals surface area contributed by atoms with E-state index in [1.165, 1.54) is 24.8 Å². The van der Waals surface area contributed by atoms with Crippen molar-refractivity contribution in [2.75, 3.05) is 19.6 Å². The van der Waals surface area contributed by atoms with E-state index in [2.05, 4.69) is 59.5 Å². The maximum Gasteiger partial charge on any atom is 0.335 e. The van der Waals surface area contributed by atoms with E-state index in [0.29, 0.717) is 61.7 Å². The number of aromatic carboxylic acids is 1. The van der Waals surface area contributed by atoms with Crippen LogP contribution in [0.15, 0.2) is 42.5 Å². The van der Waals surface area contributed by atoms with Crippen LogP contribution in [0, 0.1) is 62.6 Å². The largest absolute Gasteiger partial charge is 0.481 e. The lowest BCUT2D eigenvalue weighted by atomic mass is 9.33. The minimum atomic E-state index is -0.894. The molecule has 7 rings (SSSR count). The number of benzene rings is 1. The lowest BCUT2D eigenvalue weighted by molar-refractivity contribution is -0.219. The Morgan fingerprint density at radius 3 is 2.11 bits per heavy atom. The molecule has 1 aromatic rings. The molecule has 5 aliphatic carbocycles. The summed E-state index contributed by atoms with van der Waals surface area (Å²) in [4.78, 5) is 52.4. The van der Waals surface area contributed by atoms with Gasteiger partial charge in [0.2, 0.25) is 11.8 Å². The average Bonchev–Trinajstić information content (AvgIpc) is 3.53. The number of likely N-dealkylation sites (tertiary alicyclic amines) is 1. The van der Waals surface area contributed by atoms with Gasteiger partial charge in [0.05, 0.1) is 16.9 Å². The van der Waals surface area contributed by atoms with Crippen LogP contribution in [0.2, 0.25) is 0 Å². The summed E-state index contributed by atoms with van der Waals surface area (Å²) in [7, 11) is 0. The minimum absolute atomic E-state index is 0.0163. The molecule has 3 N–H and O–H groups in total. The predicted octanol–water partition coefficient (Wildman–Crippen LogP) is 8.87. The van der Waals surface area contributed by atoms with Gasteiger partial charge in [-0.3, -0.25) is 14.4 Å². The van der Waals surface area contributed by atoms with E-state index >= 15 is 0 Å². The van der Waals surface area contributed by atoms with Crippen molar-refractivity contribution in [3.63, 3.8) is 0 Å². The molecule has 9 atom stereocenters. The van der Waals surface area contributed by atoms with Gasteiger partial charge in [-0.15, -0.1) is 0 Å². The first-order valence-electron chi connectivity index (χ1n) is 20.9. The minimum Gasteiger partial charge on any atom is -0.481 e. The van der Waals surface area contributed by atoms with E-state index in [1.54, 1.807) is 17.0 Å². The molecule has 1 aromatic carbocycles. The van der Waals surface area contributed by atoms with Crippen molar-refractivity contribution >= 4 is 29.3 Å². The first kappa shape index (κ1) is 38.8. The van der Waals surface area contributed by atoms with Gasteiger partial charge in [-0.1, -0.05) is 65.0 Å². The maximum absolute atomic E-state index is 14.6. The number of fused-ring (bicyclic) bond motifs is 7. The second-order valence-electron chi connectivity index (χ2n) is 19.7. The molecule has 8 heteroatoms. The highest BCUT2D eigenvalue weighted by atomic mass is 16.4. The van der Waals surface area contributed by atoms with Crippen molar-refractivity contribution in [3.8, 4) is 0 Å². The number of aliphatic carboxylic acids is 1. The molecule has 54 heavy (non-hydrogen) atoms. The Hall–Kier alpha value is -3.42. The van der Waals surface area contributed by atoms with Gasteiger partial charge in [0, 0.05) is 26.1 Å². The fourth-order valence-electron chi connectivity index (χ4n) is 14.5. The SMILES string of the molecule is C=C(C)[C@@]1(C(=O)NCCC(=O)N2CCC(C(=O)O)CC2)CC[C@@H]2CC[C@]3(C)[C@H](CC[C@@H]4[C@@]5(C)CC=C(c6ccc(C(=O)O)cc6)C(C)(C)[C@@H]5CC[C@]43C)[C@@H]21. The molecule has 1 saturated heterocycles. The number of carbonyl (C=O) groups excluding carboxylic acids is 2. The molecule has 0 radical (unpaired) electrons. The number of hydrogen-bond donors (Lipinski definition) is 3. The van der Waals surface area contributed by atoms with Gasteiger partial charge in [0.25, 0.3) is 0 Å². The molecular formula is C46H64N2O6. The summed E-state index contributed by atoms with van der Waals surface area (Å²) in [6.45, 7) is 20.4. The number of carbonyl (C=O) groups is 4. The summed E-state index contributed by atoms with van der Waals surface area (Å²) in [6, 6.07) is 7.46. The number of nitrogens with zero attached hydrogens (tertiary/aromatic N) is 1. The normalized spacial score (nSPS) is 38.5. The van der Waals surface area contributed by atoms with Crippen LogP contribution in [0.25, 0.3) is 5.57 Å².